The fourth-order valence-electron chi connectivity index (χ4n) is 0.251. The Morgan fingerprint density at radius 1 is 1.71 bits per heavy atom. The van der Waals surface area contributed by atoms with Crippen molar-refractivity contribution >= 4 is 11.8 Å². The summed E-state index contributed by atoms with van der Waals surface area (Å²) < 4.78 is 0. The highest BCUT2D eigenvalue weighted by atomic mass is 32.2. The number of rotatable bonds is 4. The predicted molar refractivity (Wildman–Crippen MR) is 33.1 cm³/mol. The fraction of sp³-hybridized carbons (Fsp3) is 1.00. The lowest BCUT2D eigenvalue weighted by Crippen LogP contribution is -2.02. The molecule has 0 radical (unpaired) electrons. The monoisotopic (exact) mass is 121 g/mol. The van der Waals surface area contributed by atoms with Crippen LogP contribution in [0.2, 0.25) is 0 Å². The summed E-state index contributed by atoms with van der Waals surface area (Å²) >= 11 is 1.83. The first-order valence-corrected chi connectivity index (χ1v) is 3.46. The third-order valence-corrected chi connectivity index (χ3v) is 1.41. The largest absolute Gasteiger partial charge is 0.304 e. The summed E-state index contributed by atoms with van der Waals surface area (Å²) in [5.41, 5.74) is 0. The maximum atomic E-state index is 4.76. The van der Waals surface area contributed by atoms with E-state index >= 15 is 0 Å². The van der Waals surface area contributed by atoms with E-state index in [9.17, 15) is 0 Å². The van der Waals surface area contributed by atoms with Crippen molar-refractivity contribution in [3.8, 4) is 0 Å². The second kappa shape index (κ2) is 6.27. The topological polar surface area (TPSA) is 35.2 Å². The van der Waals surface area contributed by atoms with Gasteiger partial charge >= 0.3 is 0 Å². The van der Waals surface area contributed by atoms with Gasteiger partial charge in [0.1, 0.15) is 0 Å². The van der Waals surface area contributed by atoms with Crippen molar-refractivity contribution in [2.45, 2.75) is 6.92 Å². The van der Waals surface area contributed by atoms with Crippen LogP contribution in [0.3, 0.4) is 0 Å². The van der Waals surface area contributed by atoms with Gasteiger partial charge in [0.25, 0.3) is 0 Å². The van der Waals surface area contributed by atoms with Gasteiger partial charge in [0.15, 0.2) is 0 Å². The molecule has 0 saturated heterocycles. The van der Waals surface area contributed by atoms with Gasteiger partial charge in [0.05, 0.1) is 6.61 Å². The van der Waals surface area contributed by atoms with Crippen molar-refractivity contribution in [3.63, 3.8) is 0 Å². The molecule has 0 aliphatic rings. The molecule has 0 fully saturated rings. The second-order valence-electron chi connectivity index (χ2n) is 1.07. The van der Waals surface area contributed by atoms with E-state index in [1.54, 1.807) is 0 Å². The third-order valence-electron chi connectivity index (χ3n) is 0.550. The van der Waals surface area contributed by atoms with E-state index in [0.717, 1.165) is 11.5 Å². The van der Waals surface area contributed by atoms with Crippen LogP contribution in [0.5, 0.6) is 0 Å². The van der Waals surface area contributed by atoms with Crippen LogP contribution >= 0.6 is 11.8 Å². The third kappa shape index (κ3) is 6.27. The lowest BCUT2D eigenvalue weighted by molar-refractivity contribution is 0.155. The van der Waals surface area contributed by atoms with Crippen LogP contribution in [0.25, 0.3) is 0 Å². The van der Waals surface area contributed by atoms with Crippen LogP contribution in [-0.2, 0) is 4.84 Å². The van der Waals surface area contributed by atoms with E-state index in [1.807, 2.05) is 11.8 Å². The highest BCUT2D eigenvalue weighted by Gasteiger charge is 1.80. The minimum absolute atomic E-state index is 0.665. The summed E-state index contributed by atoms with van der Waals surface area (Å²) in [6, 6.07) is 0. The van der Waals surface area contributed by atoms with Crippen LogP contribution in [-0.4, -0.2) is 18.1 Å². The smallest absolute Gasteiger partial charge is 0.0769 e. The molecule has 3 heteroatoms. The van der Waals surface area contributed by atoms with Crippen molar-refractivity contribution in [1.29, 1.82) is 0 Å². The average molecular weight is 121 g/mol. The Bertz CT molecular complexity index is 30.9. The summed E-state index contributed by atoms with van der Waals surface area (Å²) in [5.74, 6) is 6.91. The highest BCUT2D eigenvalue weighted by Crippen LogP contribution is 1.95. The van der Waals surface area contributed by atoms with Crippen LogP contribution in [0.4, 0.5) is 0 Å². The second-order valence-corrected chi connectivity index (χ2v) is 2.46. The first-order chi connectivity index (χ1) is 3.41. The Morgan fingerprint density at radius 3 is 2.86 bits per heavy atom. The Balaban J connectivity index is 2.45. The fourth-order valence-corrected chi connectivity index (χ4v) is 0.754. The van der Waals surface area contributed by atoms with E-state index in [1.165, 1.54) is 0 Å². The molecule has 0 unspecified atom stereocenters. The van der Waals surface area contributed by atoms with Gasteiger partial charge in [-0.1, -0.05) is 6.92 Å². The lowest BCUT2D eigenvalue weighted by atomic mass is 10.9. The molecule has 0 aromatic heterocycles. The van der Waals surface area contributed by atoms with Crippen molar-refractivity contribution < 1.29 is 4.84 Å². The number of thioether (sulfide) groups is 1. The van der Waals surface area contributed by atoms with Gasteiger partial charge in [0.2, 0.25) is 0 Å². The Kier molecular flexibility index (Phi) is 6.51. The van der Waals surface area contributed by atoms with Crippen LogP contribution < -0.4 is 5.90 Å². The minimum atomic E-state index is 0.665. The molecule has 44 valence electrons. The van der Waals surface area contributed by atoms with Gasteiger partial charge in [-0.15, -0.1) is 0 Å². The van der Waals surface area contributed by atoms with Gasteiger partial charge in [-0.2, -0.15) is 11.8 Å². The SMILES string of the molecule is CCSCCON. The summed E-state index contributed by atoms with van der Waals surface area (Å²) in [4.78, 5) is 4.32. The van der Waals surface area contributed by atoms with Gasteiger partial charge < -0.3 is 4.84 Å². The normalized spacial score (nSPS) is 9.43. The summed E-state index contributed by atoms with van der Waals surface area (Å²) in [5, 5.41) is 0. The molecule has 0 spiro atoms. The number of hydrogen-bond donors (Lipinski definition) is 1. The van der Waals surface area contributed by atoms with E-state index in [2.05, 4.69) is 11.8 Å². The van der Waals surface area contributed by atoms with Crippen molar-refractivity contribution in [1.82, 2.24) is 0 Å². The van der Waals surface area contributed by atoms with Gasteiger partial charge in [0, 0.05) is 5.75 Å². The van der Waals surface area contributed by atoms with Gasteiger partial charge in [-0.25, -0.2) is 5.90 Å². The zero-order valence-electron chi connectivity index (χ0n) is 4.52. The zero-order valence-corrected chi connectivity index (χ0v) is 5.33. The lowest BCUT2D eigenvalue weighted by Gasteiger charge is -1.92. The molecule has 0 aromatic rings. The van der Waals surface area contributed by atoms with Gasteiger partial charge in [-0.3, -0.25) is 0 Å². The molecule has 2 nitrogen and oxygen atoms in total. The van der Waals surface area contributed by atoms with Crippen LogP contribution in [0.15, 0.2) is 0 Å². The number of nitrogens with two attached hydrogens (primary N) is 1. The molecular formula is C4H11NOS. The Hall–Kier alpha value is 0.270. The predicted octanol–water partition coefficient (Wildman–Crippen LogP) is 0.630. The van der Waals surface area contributed by atoms with Crippen molar-refractivity contribution in [3.05, 3.63) is 0 Å². The van der Waals surface area contributed by atoms with Crippen LogP contribution in [0, 0.1) is 0 Å². The molecule has 0 aliphatic carbocycles. The van der Waals surface area contributed by atoms with Crippen molar-refractivity contribution in [2.75, 3.05) is 18.1 Å². The minimum Gasteiger partial charge on any atom is -0.304 e. The molecule has 2 N–H and O–H groups in total. The molecule has 0 rings (SSSR count). The molecule has 0 aliphatic heterocycles. The maximum absolute atomic E-state index is 4.76. The van der Waals surface area contributed by atoms with Gasteiger partial charge in [-0.05, 0) is 5.75 Å². The number of hydrogen-bond acceptors (Lipinski definition) is 3. The van der Waals surface area contributed by atoms with E-state index in [0.29, 0.717) is 6.61 Å². The molecule has 0 heterocycles. The summed E-state index contributed by atoms with van der Waals surface area (Å²) in [7, 11) is 0. The highest BCUT2D eigenvalue weighted by molar-refractivity contribution is 7.99. The maximum Gasteiger partial charge on any atom is 0.0769 e. The first kappa shape index (κ1) is 7.27. The molecule has 0 aromatic carbocycles. The van der Waals surface area contributed by atoms with Crippen molar-refractivity contribution in [2.24, 2.45) is 5.90 Å². The quantitative estimate of drug-likeness (QED) is 0.437. The van der Waals surface area contributed by atoms with E-state index in [4.69, 9.17) is 5.90 Å². The van der Waals surface area contributed by atoms with Crippen LogP contribution in [0.1, 0.15) is 6.92 Å². The van der Waals surface area contributed by atoms with E-state index in [-0.39, 0.29) is 0 Å². The summed E-state index contributed by atoms with van der Waals surface area (Å²) in [6.45, 7) is 2.78. The Labute approximate surface area is 48.4 Å². The molecule has 0 atom stereocenters. The standard InChI is InChI=1S/C4H11NOS/c1-2-7-4-3-6-5/h2-5H2,1H3. The summed E-state index contributed by atoms with van der Waals surface area (Å²) in [6.07, 6.45) is 0. The molecular weight excluding hydrogens is 110 g/mol. The molecule has 0 saturated carbocycles. The molecule has 0 amide bonds. The first-order valence-electron chi connectivity index (χ1n) is 2.31. The zero-order chi connectivity index (χ0) is 5.54. The molecule has 0 bridgehead atoms. The molecule has 7 heavy (non-hydrogen) atoms. The average Bonchev–Trinajstić information content (AvgIpc) is 1.69. The Morgan fingerprint density at radius 2 is 2.43 bits per heavy atom. The van der Waals surface area contributed by atoms with E-state index < -0.39 is 0 Å².